The summed E-state index contributed by atoms with van der Waals surface area (Å²) in [6.07, 6.45) is 0.0562. The van der Waals surface area contributed by atoms with Crippen LogP contribution in [0.25, 0.3) is 0 Å². The third-order valence-corrected chi connectivity index (χ3v) is 1.29. The second-order valence-electron chi connectivity index (χ2n) is 2.45. The highest BCUT2D eigenvalue weighted by molar-refractivity contribution is 5.94. The number of imide groups is 1. The van der Waals surface area contributed by atoms with E-state index in [1.165, 1.54) is 7.05 Å². The Hall–Kier alpha value is -1.63. The predicted octanol–water partition coefficient (Wildman–Crippen LogP) is -1.49. The van der Waals surface area contributed by atoms with Gasteiger partial charge in [0.15, 0.2) is 0 Å². The number of carbonyl (C=O) groups is 3. The number of hydrogen-bond acceptors (Lipinski definition) is 4. The van der Waals surface area contributed by atoms with Crippen LogP contribution >= 0.6 is 0 Å². The first-order valence-corrected chi connectivity index (χ1v) is 4.00. The number of aliphatic carboxylic acids is 1. The Morgan fingerprint density at radius 1 is 1.29 bits per heavy atom. The molecule has 0 radical (unpaired) electrons. The molecule has 0 aliphatic heterocycles. The minimum Gasteiger partial charge on any atom is -0.480 e. The largest absolute Gasteiger partial charge is 0.480 e. The fourth-order valence-corrected chi connectivity index (χ4v) is 0.649. The molecule has 0 spiro atoms. The van der Waals surface area contributed by atoms with Crippen molar-refractivity contribution in [2.24, 2.45) is 0 Å². The Kier molecular flexibility index (Phi) is 6.04. The topological polar surface area (TPSA) is 108 Å². The maximum Gasteiger partial charge on any atom is 0.321 e. The lowest BCUT2D eigenvalue weighted by molar-refractivity contribution is -0.136. The third-order valence-electron chi connectivity index (χ3n) is 1.29. The molecular weight excluding hydrogens is 190 g/mol. The highest BCUT2D eigenvalue weighted by Crippen LogP contribution is 1.77. The Balaban J connectivity index is 3.45. The second-order valence-corrected chi connectivity index (χ2v) is 2.45. The van der Waals surface area contributed by atoms with E-state index in [9.17, 15) is 14.4 Å². The number of carbonyl (C=O) groups excluding carboxylic acids is 2. The second kappa shape index (κ2) is 6.84. The maximum atomic E-state index is 10.9. The molecule has 0 unspecified atom stereocenters. The molecule has 0 fully saturated rings. The smallest absolute Gasteiger partial charge is 0.321 e. The number of amides is 3. The molecule has 0 saturated carbocycles. The highest BCUT2D eigenvalue weighted by atomic mass is 16.4. The van der Waals surface area contributed by atoms with Crippen molar-refractivity contribution in [1.29, 1.82) is 0 Å². The summed E-state index contributed by atoms with van der Waals surface area (Å²) in [5.41, 5.74) is 0. The van der Waals surface area contributed by atoms with E-state index in [4.69, 9.17) is 5.11 Å². The molecule has 14 heavy (non-hydrogen) atoms. The van der Waals surface area contributed by atoms with Crippen LogP contribution < -0.4 is 16.0 Å². The van der Waals surface area contributed by atoms with E-state index >= 15 is 0 Å². The number of urea groups is 1. The van der Waals surface area contributed by atoms with Gasteiger partial charge in [-0.25, -0.2) is 4.79 Å². The minimum atomic E-state index is -0.989. The van der Waals surface area contributed by atoms with E-state index in [-0.39, 0.29) is 19.5 Å². The highest BCUT2D eigenvalue weighted by Gasteiger charge is 2.04. The molecule has 0 atom stereocenters. The van der Waals surface area contributed by atoms with E-state index in [0.29, 0.717) is 0 Å². The first kappa shape index (κ1) is 12.4. The van der Waals surface area contributed by atoms with Crippen LogP contribution in [0.3, 0.4) is 0 Å². The van der Waals surface area contributed by atoms with E-state index in [2.05, 4.69) is 10.6 Å². The summed E-state index contributed by atoms with van der Waals surface area (Å²) in [6, 6.07) is -0.576. The molecule has 0 heterocycles. The molecule has 0 aromatic rings. The number of carboxylic acid groups (broad SMARTS) is 1. The lowest BCUT2D eigenvalue weighted by Crippen LogP contribution is -2.38. The van der Waals surface area contributed by atoms with Crippen LogP contribution in [-0.2, 0) is 9.59 Å². The van der Waals surface area contributed by atoms with Gasteiger partial charge in [0, 0.05) is 20.0 Å². The summed E-state index contributed by atoms with van der Waals surface area (Å²) >= 11 is 0. The molecule has 7 nitrogen and oxygen atoms in total. The summed E-state index contributed by atoms with van der Waals surface area (Å²) in [7, 11) is 1.39. The summed E-state index contributed by atoms with van der Waals surface area (Å²) in [5.74, 6) is -1.45. The molecular formula is C7H13N3O4. The average Bonchev–Trinajstić information content (AvgIpc) is 2.12. The molecule has 0 aliphatic carbocycles. The number of hydrogen-bond donors (Lipinski definition) is 4. The maximum absolute atomic E-state index is 10.9. The molecule has 0 bridgehead atoms. The quantitative estimate of drug-likeness (QED) is 0.407. The van der Waals surface area contributed by atoms with E-state index in [1.807, 2.05) is 5.32 Å². The predicted molar refractivity (Wildman–Crippen MR) is 47.7 cm³/mol. The van der Waals surface area contributed by atoms with Gasteiger partial charge in [-0.3, -0.25) is 14.9 Å². The Bertz CT molecular complexity index is 229. The summed E-state index contributed by atoms with van der Waals surface area (Å²) < 4.78 is 0. The van der Waals surface area contributed by atoms with Crippen LogP contribution in [0.2, 0.25) is 0 Å². The van der Waals surface area contributed by atoms with Crippen LogP contribution in [0.15, 0.2) is 0 Å². The monoisotopic (exact) mass is 203 g/mol. The van der Waals surface area contributed by atoms with Crippen molar-refractivity contribution in [2.75, 3.05) is 20.1 Å². The van der Waals surface area contributed by atoms with Gasteiger partial charge in [0.2, 0.25) is 5.91 Å². The fraction of sp³-hybridized carbons (Fsp3) is 0.571. The molecule has 80 valence electrons. The first-order valence-electron chi connectivity index (χ1n) is 4.00. The van der Waals surface area contributed by atoms with Gasteiger partial charge in [0.1, 0.15) is 0 Å². The molecule has 0 aliphatic rings. The molecule has 3 amide bonds. The fourth-order valence-electron chi connectivity index (χ4n) is 0.649. The van der Waals surface area contributed by atoms with Gasteiger partial charge in [0.05, 0.1) is 6.54 Å². The van der Waals surface area contributed by atoms with Gasteiger partial charge in [-0.05, 0) is 0 Å². The van der Waals surface area contributed by atoms with Gasteiger partial charge in [-0.2, -0.15) is 0 Å². The molecule has 7 heteroatoms. The minimum absolute atomic E-state index is 0.0562. The molecule has 0 aromatic heterocycles. The SMILES string of the molecule is CNC(=O)NC(=O)CCNCC(=O)O. The van der Waals surface area contributed by atoms with Crippen LogP contribution in [-0.4, -0.2) is 43.2 Å². The van der Waals surface area contributed by atoms with E-state index in [0.717, 1.165) is 0 Å². The molecule has 0 aromatic carbocycles. The number of nitrogens with one attached hydrogen (secondary N) is 3. The normalized spacial score (nSPS) is 9.21. The lowest BCUT2D eigenvalue weighted by atomic mass is 10.4. The zero-order chi connectivity index (χ0) is 11.0. The van der Waals surface area contributed by atoms with Crippen LogP contribution in [0.5, 0.6) is 0 Å². The number of carboxylic acids is 1. The van der Waals surface area contributed by atoms with Crippen molar-refractivity contribution < 1.29 is 19.5 Å². The van der Waals surface area contributed by atoms with E-state index in [1.54, 1.807) is 0 Å². The average molecular weight is 203 g/mol. The van der Waals surface area contributed by atoms with Crippen molar-refractivity contribution >= 4 is 17.9 Å². The molecule has 0 saturated heterocycles. The van der Waals surface area contributed by atoms with Gasteiger partial charge in [-0.1, -0.05) is 0 Å². The van der Waals surface area contributed by atoms with Crippen molar-refractivity contribution in [1.82, 2.24) is 16.0 Å². The van der Waals surface area contributed by atoms with Crippen LogP contribution in [0, 0.1) is 0 Å². The summed E-state index contributed by atoms with van der Waals surface area (Å²) in [5, 5.41) is 15.0. The summed E-state index contributed by atoms with van der Waals surface area (Å²) in [4.78, 5) is 31.5. The summed E-state index contributed by atoms with van der Waals surface area (Å²) in [6.45, 7) is 0.0163. The Morgan fingerprint density at radius 2 is 1.93 bits per heavy atom. The van der Waals surface area contributed by atoms with Crippen LogP contribution in [0.4, 0.5) is 4.79 Å². The molecule has 0 rings (SSSR count). The van der Waals surface area contributed by atoms with Gasteiger partial charge >= 0.3 is 12.0 Å². The Morgan fingerprint density at radius 3 is 2.43 bits per heavy atom. The third kappa shape index (κ3) is 7.04. The van der Waals surface area contributed by atoms with Gasteiger partial charge in [-0.15, -0.1) is 0 Å². The lowest BCUT2D eigenvalue weighted by Gasteiger charge is -2.03. The van der Waals surface area contributed by atoms with Crippen LogP contribution in [0.1, 0.15) is 6.42 Å². The number of rotatable bonds is 5. The van der Waals surface area contributed by atoms with Crippen molar-refractivity contribution in [3.8, 4) is 0 Å². The van der Waals surface area contributed by atoms with Crippen molar-refractivity contribution in [3.05, 3.63) is 0 Å². The molecule has 4 N–H and O–H groups in total. The zero-order valence-electron chi connectivity index (χ0n) is 7.79. The standard InChI is InChI=1S/C7H13N3O4/c1-8-7(14)10-5(11)2-3-9-4-6(12)13/h9H,2-4H2,1H3,(H,12,13)(H2,8,10,11,14). The van der Waals surface area contributed by atoms with E-state index < -0.39 is 17.9 Å². The van der Waals surface area contributed by atoms with Crippen molar-refractivity contribution in [2.45, 2.75) is 6.42 Å². The first-order chi connectivity index (χ1) is 6.56. The van der Waals surface area contributed by atoms with Gasteiger partial charge < -0.3 is 15.7 Å². The van der Waals surface area contributed by atoms with Gasteiger partial charge in [0.25, 0.3) is 0 Å². The zero-order valence-corrected chi connectivity index (χ0v) is 7.79. The Labute approximate surface area is 80.9 Å². The van der Waals surface area contributed by atoms with Crippen molar-refractivity contribution in [3.63, 3.8) is 0 Å².